The quantitative estimate of drug-likeness (QED) is 0.698. The number of rotatable bonds is 7. The predicted octanol–water partition coefficient (Wildman–Crippen LogP) is 2.55. The van der Waals surface area contributed by atoms with Crippen molar-refractivity contribution in [3.05, 3.63) is 23.2 Å². The second kappa shape index (κ2) is 10.6. The molecular weight excluding hydrogens is 398 g/mol. The molecule has 1 saturated heterocycles. The number of likely N-dealkylation sites (tertiary alicyclic amines) is 1. The molecule has 1 aromatic carbocycles. The molecule has 8 heteroatoms. The first kappa shape index (κ1) is 23.1. The number of quaternary nitrogens is 1. The topological polar surface area (TPSA) is 70.9 Å². The van der Waals surface area contributed by atoms with Gasteiger partial charge in [-0.15, -0.1) is 0 Å². The number of carbonyl (C=O) groups excluding carboxylic acids is 1. The number of carbonyl (C=O) groups is 1. The number of halogens is 1. The highest BCUT2D eigenvalue weighted by Gasteiger charge is 2.27. The SMILES string of the molecule is CCN(CC)S(=O)(=O)c1ccc(Cl)c(NC(=O)[C@@H](C)[NH+]2CCCCCCC2)c1. The lowest BCUT2D eigenvalue weighted by Gasteiger charge is -2.27. The Labute approximate surface area is 174 Å². The maximum atomic E-state index is 12.8. The number of nitrogens with zero attached hydrogens (tertiary/aromatic N) is 1. The molecule has 1 aliphatic heterocycles. The fraction of sp³-hybridized carbons (Fsp3) is 0.650. The molecular formula is C20H33ClN3O3S+. The van der Waals surface area contributed by atoms with Gasteiger partial charge in [-0.25, -0.2) is 8.42 Å². The van der Waals surface area contributed by atoms with E-state index in [1.807, 2.05) is 6.92 Å². The fourth-order valence-electron chi connectivity index (χ4n) is 3.69. The Bertz CT molecular complexity index is 758. The summed E-state index contributed by atoms with van der Waals surface area (Å²) in [4.78, 5) is 14.2. The highest BCUT2D eigenvalue weighted by Crippen LogP contribution is 2.27. The van der Waals surface area contributed by atoms with Crippen LogP contribution < -0.4 is 10.2 Å². The van der Waals surface area contributed by atoms with Crippen molar-refractivity contribution in [3.63, 3.8) is 0 Å². The number of hydrogen-bond acceptors (Lipinski definition) is 3. The summed E-state index contributed by atoms with van der Waals surface area (Å²) in [6, 6.07) is 4.26. The van der Waals surface area contributed by atoms with Crippen molar-refractivity contribution < 1.29 is 18.1 Å². The molecule has 6 nitrogen and oxygen atoms in total. The molecule has 2 rings (SSSR count). The van der Waals surface area contributed by atoms with Crippen LogP contribution in [0.3, 0.4) is 0 Å². The molecule has 1 heterocycles. The monoisotopic (exact) mass is 430 g/mol. The van der Waals surface area contributed by atoms with Crippen molar-refractivity contribution in [1.29, 1.82) is 0 Å². The zero-order valence-electron chi connectivity index (χ0n) is 17.1. The summed E-state index contributed by atoms with van der Waals surface area (Å²) in [5.74, 6) is -0.130. The van der Waals surface area contributed by atoms with Gasteiger partial charge in [0.05, 0.1) is 28.7 Å². The van der Waals surface area contributed by atoms with Crippen LogP contribution in [0.25, 0.3) is 0 Å². The van der Waals surface area contributed by atoms with Crippen LogP contribution in [0.5, 0.6) is 0 Å². The van der Waals surface area contributed by atoms with Crippen LogP contribution in [0.15, 0.2) is 23.1 Å². The number of benzene rings is 1. The van der Waals surface area contributed by atoms with Crippen LogP contribution in [0.2, 0.25) is 5.02 Å². The van der Waals surface area contributed by atoms with Gasteiger partial charge in [-0.2, -0.15) is 4.31 Å². The average molecular weight is 431 g/mol. The van der Waals surface area contributed by atoms with E-state index >= 15 is 0 Å². The van der Waals surface area contributed by atoms with Gasteiger partial charge in [0.25, 0.3) is 5.91 Å². The molecule has 158 valence electrons. The molecule has 0 saturated carbocycles. The minimum absolute atomic E-state index is 0.130. The maximum Gasteiger partial charge on any atom is 0.282 e. The molecule has 0 aromatic heterocycles. The standard InChI is InChI=1S/C20H32ClN3O3S/c1-4-24(5-2)28(26,27)17-11-12-18(21)19(15-17)22-20(25)16(3)23-13-9-7-6-8-10-14-23/h11-12,15-16H,4-10,13-14H2,1-3H3,(H,22,25)/p+1/t16-/m1/s1. The van der Waals surface area contributed by atoms with Crippen molar-refractivity contribution in [2.24, 2.45) is 0 Å². The zero-order valence-corrected chi connectivity index (χ0v) is 18.7. The molecule has 1 atom stereocenters. The van der Waals surface area contributed by atoms with Gasteiger partial charge in [0, 0.05) is 13.1 Å². The van der Waals surface area contributed by atoms with Crippen LogP contribution in [-0.2, 0) is 14.8 Å². The van der Waals surface area contributed by atoms with Gasteiger partial charge < -0.3 is 10.2 Å². The number of nitrogens with one attached hydrogen (secondary N) is 2. The smallest absolute Gasteiger partial charge is 0.282 e. The lowest BCUT2D eigenvalue weighted by molar-refractivity contribution is -0.914. The summed E-state index contributed by atoms with van der Waals surface area (Å²) in [6.45, 7) is 8.27. The van der Waals surface area contributed by atoms with Gasteiger partial charge in [-0.05, 0) is 50.8 Å². The molecule has 1 aromatic rings. The van der Waals surface area contributed by atoms with Gasteiger partial charge in [0.2, 0.25) is 10.0 Å². The third kappa shape index (κ3) is 5.69. The van der Waals surface area contributed by atoms with Crippen molar-refractivity contribution >= 4 is 33.2 Å². The van der Waals surface area contributed by atoms with E-state index in [4.69, 9.17) is 11.6 Å². The van der Waals surface area contributed by atoms with Crippen molar-refractivity contribution in [3.8, 4) is 0 Å². The molecule has 2 N–H and O–H groups in total. The van der Waals surface area contributed by atoms with Crippen LogP contribution in [0, 0.1) is 0 Å². The molecule has 0 unspecified atom stereocenters. The van der Waals surface area contributed by atoms with Gasteiger partial charge in [0.15, 0.2) is 6.04 Å². The summed E-state index contributed by atoms with van der Waals surface area (Å²) < 4.78 is 26.9. The van der Waals surface area contributed by atoms with Crippen LogP contribution in [0.4, 0.5) is 5.69 Å². The Kier molecular flexibility index (Phi) is 8.74. The van der Waals surface area contributed by atoms with Crippen molar-refractivity contribution in [1.82, 2.24) is 4.31 Å². The van der Waals surface area contributed by atoms with Crippen molar-refractivity contribution in [2.75, 3.05) is 31.5 Å². The molecule has 28 heavy (non-hydrogen) atoms. The number of amides is 1. The van der Waals surface area contributed by atoms with E-state index in [2.05, 4.69) is 5.32 Å². The molecule has 0 bridgehead atoms. The van der Waals surface area contributed by atoms with Gasteiger partial charge in [-0.1, -0.05) is 31.9 Å². The molecule has 1 fully saturated rings. The second-order valence-corrected chi connectivity index (χ2v) is 9.71. The largest absolute Gasteiger partial charge is 0.325 e. The minimum atomic E-state index is -3.61. The number of anilines is 1. The Hall–Kier alpha value is -1.15. The first-order valence-electron chi connectivity index (χ1n) is 10.3. The molecule has 1 amide bonds. The summed E-state index contributed by atoms with van der Waals surface area (Å²) in [5, 5.41) is 3.19. The summed E-state index contributed by atoms with van der Waals surface area (Å²) in [6.07, 6.45) is 5.97. The number of hydrogen-bond donors (Lipinski definition) is 2. The number of sulfonamides is 1. The van der Waals surface area contributed by atoms with E-state index < -0.39 is 10.0 Å². The highest BCUT2D eigenvalue weighted by atomic mass is 35.5. The van der Waals surface area contributed by atoms with Crippen LogP contribution >= 0.6 is 11.6 Å². The van der Waals surface area contributed by atoms with E-state index in [1.54, 1.807) is 13.8 Å². The molecule has 0 radical (unpaired) electrons. The average Bonchev–Trinajstić information content (AvgIpc) is 2.63. The Morgan fingerprint density at radius 2 is 1.71 bits per heavy atom. The first-order chi connectivity index (χ1) is 13.3. The van der Waals surface area contributed by atoms with Crippen molar-refractivity contribution in [2.45, 2.75) is 63.8 Å². The fourth-order valence-corrected chi connectivity index (χ4v) is 5.34. The lowest BCUT2D eigenvalue weighted by Crippen LogP contribution is -3.16. The van der Waals surface area contributed by atoms with E-state index in [-0.39, 0.29) is 16.8 Å². The zero-order chi connectivity index (χ0) is 20.7. The summed E-state index contributed by atoms with van der Waals surface area (Å²) in [5.41, 5.74) is 0.346. The van der Waals surface area contributed by atoms with E-state index in [0.717, 1.165) is 25.9 Å². The van der Waals surface area contributed by atoms with Gasteiger partial charge >= 0.3 is 0 Å². The Balaban J connectivity index is 2.17. The van der Waals surface area contributed by atoms with Crippen LogP contribution in [0.1, 0.15) is 52.9 Å². The predicted molar refractivity (Wildman–Crippen MR) is 113 cm³/mol. The summed E-state index contributed by atoms with van der Waals surface area (Å²) in [7, 11) is -3.61. The third-order valence-electron chi connectivity index (χ3n) is 5.54. The minimum Gasteiger partial charge on any atom is -0.325 e. The Morgan fingerprint density at radius 3 is 2.29 bits per heavy atom. The first-order valence-corrected chi connectivity index (χ1v) is 12.1. The van der Waals surface area contributed by atoms with Gasteiger partial charge in [0.1, 0.15) is 0 Å². The second-order valence-electron chi connectivity index (χ2n) is 7.37. The van der Waals surface area contributed by atoms with E-state index in [9.17, 15) is 13.2 Å². The van der Waals surface area contributed by atoms with E-state index in [0.29, 0.717) is 23.8 Å². The van der Waals surface area contributed by atoms with Gasteiger partial charge in [-0.3, -0.25) is 4.79 Å². The normalized spacial score (nSPS) is 17.8. The lowest BCUT2D eigenvalue weighted by atomic mass is 10.1. The molecule has 1 aliphatic rings. The highest BCUT2D eigenvalue weighted by molar-refractivity contribution is 7.89. The Morgan fingerprint density at radius 1 is 1.14 bits per heavy atom. The van der Waals surface area contributed by atoms with Crippen LogP contribution in [-0.4, -0.2) is 50.9 Å². The molecule has 0 spiro atoms. The van der Waals surface area contributed by atoms with E-state index in [1.165, 1.54) is 46.7 Å². The third-order valence-corrected chi connectivity index (χ3v) is 7.92. The molecule has 0 aliphatic carbocycles. The maximum absolute atomic E-state index is 12.8. The summed E-state index contributed by atoms with van der Waals surface area (Å²) >= 11 is 6.25.